The second-order valence-corrected chi connectivity index (χ2v) is 4.72. The molecule has 0 aliphatic rings. The molecule has 0 aromatic carbocycles. The lowest BCUT2D eigenvalue weighted by molar-refractivity contribution is 0.397. The minimum absolute atomic E-state index is 0.621. The van der Waals surface area contributed by atoms with Gasteiger partial charge in [0.05, 0.1) is 12.7 Å². The van der Waals surface area contributed by atoms with Crippen molar-refractivity contribution in [3.63, 3.8) is 0 Å². The van der Waals surface area contributed by atoms with Gasteiger partial charge in [-0.1, -0.05) is 6.07 Å². The van der Waals surface area contributed by atoms with Crippen molar-refractivity contribution in [3.8, 4) is 11.9 Å². The Balaban J connectivity index is 1.82. The zero-order valence-electron chi connectivity index (χ0n) is 10.0. The van der Waals surface area contributed by atoms with E-state index >= 15 is 0 Å². The molecule has 4 nitrogen and oxygen atoms in total. The molecule has 0 unspecified atom stereocenters. The second kappa shape index (κ2) is 6.15. The molecule has 1 N–H and O–H groups in total. The monoisotopic (exact) mass is 259 g/mol. The van der Waals surface area contributed by atoms with Crippen LogP contribution in [0.1, 0.15) is 16.0 Å². The molecule has 0 amide bonds. The van der Waals surface area contributed by atoms with Crippen molar-refractivity contribution in [1.29, 1.82) is 5.26 Å². The van der Waals surface area contributed by atoms with Gasteiger partial charge in [-0.05, 0) is 11.6 Å². The molecule has 0 bridgehead atoms. The van der Waals surface area contributed by atoms with Crippen LogP contribution in [0, 0.1) is 11.3 Å². The normalized spacial score (nSPS) is 10.0. The highest BCUT2D eigenvalue weighted by Crippen LogP contribution is 2.13. The first-order valence-electron chi connectivity index (χ1n) is 5.49. The molecule has 2 aromatic heterocycles. The van der Waals surface area contributed by atoms with E-state index in [2.05, 4.69) is 16.4 Å². The first kappa shape index (κ1) is 12.6. The van der Waals surface area contributed by atoms with Gasteiger partial charge in [0, 0.05) is 35.6 Å². The maximum Gasteiger partial charge on any atom is 0.212 e. The van der Waals surface area contributed by atoms with E-state index in [1.807, 2.05) is 23.6 Å². The van der Waals surface area contributed by atoms with Gasteiger partial charge in [-0.2, -0.15) is 5.26 Å². The molecule has 0 fully saturated rings. The first-order chi connectivity index (χ1) is 8.81. The summed E-state index contributed by atoms with van der Waals surface area (Å²) in [6.07, 6.45) is 1.79. The molecule has 18 heavy (non-hydrogen) atoms. The maximum atomic E-state index is 8.72. The van der Waals surface area contributed by atoms with Crippen molar-refractivity contribution in [2.24, 2.45) is 0 Å². The van der Waals surface area contributed by atoms with E-state index in [0.717, 1.165) is 29.1 Å². The maximum absolute atomic E-state index is 8.72. The molecule has 5 heteroatoms. The molecule has 0 saturated carbocycles. The van der Waals surface area contributed by atoms with Crippen LogP contribution in [0.3, 0.4) is 0 Å². The van der Waals surface area contributed by atoms with Gasteiger partial charge in [0.2, 0.25) is 5.88 Å². The van der Waals surface area contributed by atoms with Gasteiger partial charge in [-0.25, -0.2) is 4.98 Å². The molecule has 0 atom stereocenters. The van der Waals surface area contributed by atoms with Gasteiger partial charge < -0.3 is 10.1 Å². The van der Waals surface area contributed by atoms with Crippen LogP contribution in [0.2, 0.25) is 0 Å². The third-order valence-electron chi connectivity index (χ3n) is 2.42. The van der Waals surface area contributed by atoms with Crippen molar-refractivity contribution in [1.82, 2.24) is 10.3 Å². The Labute approximate surface area is 110 Å². The van der Waals surface area contributed by atoms with Crippen molar-refractivity contribution < 1.29 is 4.74 Å². The average Bonchev–Trinajstić information content (AvgIpc) is 2.87. The molecular formula is C13H13N3OS. The van der Waals surface area contributed by atoms with Crippen LogP contribution in [0.5, 0.6) is 5.88 Å². The minimum atomic E-state index is 0.621. The predicted octanol–water partition coefficient (Wildman–Crippen LogP) is 2.31. The molecule has 2 aromatic rings. The Kier molecular flexibility index (Phi) is 4.29. The summed E-state index contributed by atoms with van der Waals surface area (Å²) < 4.78 is 5.00. The number of hydrogen-bond acceptors (Lipinski definition) is 5. The number of thiophene rings is 1. The molecule has 0 spiro atoms. The summed E-state index contributed by atoms with van der Waals surface area (Å²) in [7, 11) is 1.60. The lowest BCUT2D eigenvalue weighted by atomic mass is 10.3. The van der Waals surface area contributed by atoms with Gasteiger partial charge in [0.1, 0.15) is 6.07 Å². The minimum Gasteiger partial charge on any atom is -0.481 e. The standard InChI is InChI=1S/C13H13N3OS/c1-17-13-3-2-10(7-16-13)6-15-8-12-4-11(5-14)9-18-12/h2-4,7,9,15H,6,8H2,1H3. The summed E-state index contributed by atoms with van der Waals surface area (Å²) in [5.74, 6) is 0.621. The van der Waals surface area contributed by atoms with Crippen LogP contribution in [-0.2, 0) is 13.1 Å². The van der Waals surface area contributed by atoms with E-state index in [1.165, 1.54) is 0 Å². The van der Waals surface area contributed by atoms with E-state index in [-0.39, 0.29) is 0 Å². The molecular weight excluding hydrogens is 246 g/mol. The lowest BCUT2D eigenvalue weighted by Crippen LogP contribution is -2.11. The van der Waals surface area contributed by atoms with E-state index in [4.69, 9.17) is 10.00 Å². The summed E-state index contributed by atoms with van der Waals surface area (Å²) in [5, 5.41) is 13.9. The van der Waals surface area contributed by atoms with Crippen LogP contribution < -0.4 is 10.1 Å². The van der Waals surface area contributed by atoms with E-state index in [0.29, 0.717) is 5.88 Å². The predicted molar refractivity (Wildman–Crippen MR) is 70.4 cm³/mol. The number of nitriles is 1. The third kappa shape index (κ3) is 3.29. The average molecular weight is 259 g/mol. The molecule has 0 saturated heterocycles. The SMILES string of the molecule is COc1ccc(CNCc2cc(C#N)cs2)cn1. The van der Waals surface area contributed by atoms with Gasteiger partial charge in [0.25, 0.3) is 0 Å². The summed E-state index contributed by atoms with van der Waals surface area (Å²) >= 11 is 1.59. The van der Waals surface area contributed by atoms with Crippen LogP contribution in [0.15, 0.2) is 29.8 Å². The zero-order chi connectivity index (χ0) is 12.8. The Bertz CT molecular complexity index is 542. The number of aromatic nitrogens is 1. The largest absolute Gasteiger partial charge is 0.481 e. The highest BCUT2D eigenvalue weighted by atomic mass is 32.1. The summed E-state index contributed by atoms with van der Waals surface area (Å²) in [6, 6.07) is 7.86. The number of nitrogens with one attached hydrogen (secondary N) is 1. The van der Waals surface area contributed by atoms with Crippen LogP contribution in [0.25, 0.3) is 0 Å². The number of pyridine rings is 1. The number of ether oxygens (including phenoxy) is 1. The third-order valence-corrected chi connectivity index (χ3v) is 3.35. The van der Waals surface area contributed by atoms with Gasteiger partial charge in [0.15, 0.2) is 0 Å². The van der Waals surface area contributed by atoms with Crippen molar-refractivity contribution in [2.75, 3.05) is 7.11 Å². The van der Waals surface area contributed by atoms with Gasteiger partial charge in [-0.15, -0.1) is 11.3 Å². The summed E-state index contributed by atoms with van der Waals surface area (Å²) in [5.41, 5.74) is 1.83. The Morgan fingerprint density at radius 1 is 1.44 bits per heavy atom. The Hall–Kier alpha value is -1.90. The first-order valence-corrected chi connectivity index (χ1v) is 6.37. The summed E-state index contributed by atoms with van der Waals surface area (Å²) in [4.78, 5) is 5.30. The molecule has 0 radical (unpaired) electrons. The van der Waals surface area contributed by atoms with Crippen LogP contribution in [0.4, 0.5) is 0 Å². The fourth-order valence-electron chi connectivity index (χ4n) is 1.50. The summed E-state index contributed by atoms with van der Waals surface area (Å²) in [6.45, 7) is 1.51. The van der Waals surface area contributed by atoms with E-state index in [9.17, 15) is 0 Å². The van der Waals surface area contributed by atoms with E-state index < -0.39 is 0 Å². The number of hydrogen-bond donors (Lipinski definition) is 1. The van der Waals surface area contributed by atoms with E-state index in [1.54, 1.807) is 24.6 Å². The van der Waals surface area contributed by atoms with Crippen molar-refractivity contribution >= 4 is 11.3 Å². The van der Waals surface area contributed by atoms with Gasteiger partial charge >= 0.3 is 0 Å². The molecule has 0 aliphatic heterocycles. The number of rotatable bonds is 5. The lowest BCUT2D eigenvalue weighted by Gasteiger charge is -2.04. The topological polar surface area (TPSA) is 57.9 Å². The van der Waals surface area contributed by atoms with Crippen molar-refractivity contribution in [3.05, 3.63) is 45.8 Å². The second-order valence-electron chi connectivity index (χ2n) is 3.73. The Morgan fingerprint density at radius 3 is 2.94 bits per heavy atom. The van der Waals surface area contributed by atoms with Crippen molar-refractivity contribution in [2.45, 2.75) is 13.1 Å². The van der Waals surface area contributed by atoms with Crippen LogP contribution >= 0.6 is 11.3 Å². The molecule has 92 valence electrons. The van der Waals surface area contributed by atoms with Gasteiger partial charge in [-0.3, -0.25) is 0 Å². The highest BCUT2D eigenvalue weighted by molar-refractivity contribution is 7.10. The fraction of sp³-hybridized carbons (Fsp3) is 0.231. The van der Waals surface area contributed by atoms with Crippen LogP contribution in [-0.4, -0.2) is 12.1 Å². The number of nitrogens with zero attached hydrogens (tertiary/aromatic N) is 2. The molecule has 2 rings (SSSR count). The quantitative estimate of drug-likeness (QED) is 0.895. The highest BCUT2D eigenvalue weighted by Gasteiger charge is 1.99. The zero-order valence-corrected chi connectivity index (χ0v) is 10.8. The molecule has 2 heterocycles. The number of methoxy groups -OCH3 is 1. The smallest absolute Gasteiger partial charge is 0.212 e. The fourth-order valence-corrected chi connectivity index (χ4v) is 2.28. The Morgan fingerprint density at radius 2 is 2.33 bits per heavy atom. The molecule has 0 aliphatic carbocycles.